The molecule has 2 fully saturated rings. The lowest BCUT2D eigenvalue weighted by Crippen LogP contribution is -2.39. The predicted octanol–water partition coefficient (Wildman–Crippen LogP) is 5.50. The van der Waals surface area contributed by atoms with Crippen molar-refractivity contribution in [1.29, 1.82) is 0 Å². The third kappa shape index (κ3) is 5.28. The number of carbonyl (C=O) groups is 2. The third-order valence-electron chi connectivity index (χ3n) is 9.05. The SMILES string of the molecule is COc1ccc(Br)c(C2[C@H](C)C2(Cn2cc(C3CCCCC3)c3ccc(C(=O)NS(=O)(=O)N(C)C)cc32)C(=O)O)c1. The number of benzene rings is 2. The molecule has 220 valence electrons. The molecule has 0 spiro atoms. The second-order valence-electron chi connectivity index (χ2n) is 11.5. The first kappa shape index (κ1) is 29.6. The summed E-state index contributed by atoms with van der Waals surface area (Å²) in [6.45, 7) is 2.17. The zero-order valence-corrected chi connectivity index (χ0v) is 26.1. The summed E-state index contributed by atoms with van der Waals surface area (Å²) in [5.41, 5.74) is 1.89. The van der Waals surface area contributed by atoms with Crippen LogP contribution in [0.25, 0.3) is 10.9 Å². The molecular formula is C30H36BrN3O6S. The lowest BCUT2D eigenvalue weighted by molar-refractivity contribution is -0.144. The van der Waals surface area contributed by atoms with Gasteiger partial charge < -0.3 is 14.4 Å². The van der Waals surface area contributed by atoms with E-state index < -0.39 is 27.5 Å². The van der Waals surface area contributed by atoms with Crippen LogP contribution in [0.2, 0.25) is 0 Å². The van der Waals surface area contributed by atoms with E-state index in [2.05, 4.69) is 26.8 Å². The number of hydrogen-bond acceptors (Lipinski definition) is 5. The summed E-state index contributed by atoms with van der Waals surface area (Å²) in [6.07, 6.45) is 7.66. The van der Waals surface area contributed by atoms with Crippen molar-refractivity contribution in [2.24, 2.45) is 11.3 Å². The topological polar surface area (TPSA) is 118 Å². The van der Waals surface area contributed by atoms with E-state index in [1.165, 1.54) is 20.5 Å². The van der Waals surface area contributed by atoms with E-state index in [9.17, 15) is 23.1 Å². The zero-order chi connectivity index (χ0) is 29.7. The Hall–Kier alpha value is -2.89. The van der Waals surface area contributed by atoms with Crippen molar-refractivity contribution in [1.82, 2.24) is 13.6 Å². The number of halogens is 1. The highest BCUT2D eigenvalue weighted by molar-refractivity contribution is 9.10. The number of methoxy groups -OCH3 is 1. The minimum atomic E-state index is -3.97. The average molecular weight is 647 g/mol. The van der Waals surface area contributed by atoms with Crippen molar-refractivity contribution in [3.63, 3.8) is 0 Å². The number of nitrogens with zero attached hydrogens (tertiary/aromatic N) is 2. The molecule has 2 saturated carbocycles. The summed E-state index contributed by atoms with van der Waals surface area (Å²) in [4.78, 5) is 26.0. The van der Waals surface area contributed by atoms with E-state index in [0.717, 1.165) is 56.5 Å². The van der Waals surface area contributed by atoms with Crippen LogP contribution in [0.5, 0.6) is 5.75 Å². The highest BCUT2D eigenvalue weighted by Crippen LogP contribution is 2.67. The summed E-state index contributed by atoms with van der Waals surface area (Å²) >= 11 is 3.62. The second kappa shape index (κ2) is 11.1. The molecule has 3 aromatic rings. The Morgan fingerprint density at radius 3 is 2.46 bits per heavy atom. The molecule has 1 amide bonds. The number of nitrogens with one attached hydrogen (secondary N) is 1. The van der Waals surface area contributed by atoms with Crippen molar-refractivity contribution in [2.75, 3.05) is 21.2 Å². The number of fused-ring (bicyclic) bond motifs is 1. The molecule has 0 radical (unpaired) electrons. The van der Waals surface area contributed by atoms with Gasteiger partial charge in [0.15, 0.2) is 0 Å². The smallest absolute Gasteiger partial charge is 0.312 e. The second-order valence-corrected chi connectivity index (χ2v) is 14.2. The van der Waals surface area contributed by atoms with Crippen LogP contribution in [0.3, 0.4) is 0 Å². The fourth-order valence-corrected chi connectivity index (χ4v) is 7.61. The summed E-state index contributed by atoms with van der Waals surface area (Å²) in [7, 11) is 0.310. The predicted molar refractivity (Wildman–Crippen MR) is 161 cm³/mol. The molecule has 2 unspecified atom stereocenters. The summed E-state index contributed by atoms with van der Waals surface area (Å²) in [6, 6.07) is 10.8. The van der Waals surface area contributed by atoms with Gasteiger partial charge >= 0.3 is 16.2 Å². The Labute approximate surface area is 249 Å². The largest absolute Gasteiger partial charge is 0.497 e. The quantitative estimate of drug-likeness (QED) is 0.317. The van der Waals surface area contributed by atoms with Gasteiger partial charge in [-0.1, -0.05) is 48.2 Å². The number of aromatic nitrogens is 1. The molecule has 0 bridgehead atoms. The highest BCUT2D eigenvalue weighted by atomic mass is 79.9. The summed E-state index contributed by atoms with van der Waals surface area (Å²) in [5.74, 6) is -1.01. The van der Waals surface area contributed by atoms with Crippen molar-refractivity contribution >= 4 is 48.9 Å². The first-order valence-electron chi connectivity index (χ1n) is 13.8. The maximum absolute atomic E-state index is 13.0. The van der Waals surface area contributed by atoms with Crippen LogP contribution in [0.15, 0.2) is 47.1 Å². The zero-order valence-electron chi connectivity index (χ0n) is 23.7. The molecule has 2 aliphatic carbocycles. The normalized spacial score (nSPS) is 23.1. The molecule has 3 atom stereocenters. The van der Waals surface area contributed by atoms with E-state index in [4.69, 9.17) is 4.74 Å². The molecule has 2 N–H and O–H groups in total. The minimum Gasteiger partial charge on any atom is -0.497 e. The fourth-order valence-electron chi connectivity index (χ4n) is 6.58. The van der Waals surface area contributed by atoms with Gasteiger partial charge in [0, 0.05) is 53.7 Å². The van der Waals surface area contributed by atoms with Crippen LogP contribution in [0, 0.1) is 11.3 Å². The Kier molecular flexibility index (Phi) is 7.99. The van der Waals surface area contributed by atoms with E-state index in [0.29, 0.717) is 11.7 Å². The molecule has 1 aromatic heterocycles. The van der Waals surface area contributed by atoms with Crippen molar-refractivity contribution in [3.05, 3.63) is 63.8 Å². The van der Waals surface area contributed by atoms with Crippen molar-refractivity contribution < 1.29 is 27.9 Å². The van der Waals surface area contributed by atoms with E-state index >= 15 is 0 Å². The minimum absolute atomic E-state index is 0.157. The Bertz CT molecular complexity index is 1610. The number of rotatable bonds is 9. The van der Waals surface area contributed by atoms with Gasteiger partial charge in [0.1, 0.15) is 5.75 Å². The third-order valence-corrected chi connectivity index (χ3v) is 11.2. The first-order valence-corrected chi connectivity index (χ1v) is 16.1. The van der Waals surface area contributed by atoms with Crippen LogP contribution in [-0.4, -0.2) is 55.5 Å². The number of hydrogen-bond donors (Lipinski definition) is 2. The van der Waals surface area contributed by atoms with Crippen molar-refractivity contribution in [2.45, 2.75) is 57.4 Å². The van der Waals surface area contributed by atoms with Gasteiger partial charge in [-0.2, -0.15) is 12.7 Å². The molecule has 11 heteroatoms. The number of carbonyl (C=O) groups excluding carboxylic acids is 1. The average Bonchev–Trinajstić information content (AvgIpc) is 3.37. The molecule has 2 aliphatic rings. The van der Waals surface area contributed by atoms with Gasteiger partial charge in [-0.25, -0.2) is 4.72 Å². The lowest BCUT2D eigenvalue weighted by atomic mass is 9.84. The molecule has 2 aromatic carbocycles. The molecule has 9 nitrogen and oxygen atoms in total. The monoisotopic (exact) mass is 645 g/mol. The van der Waals surface area contributed by atoms with Crippen LogP contribution in [-0.2, 0) is 21.5 Å². The van der Waals surface area contributed by atoms with E-state index in [-0.39, 0.29) is 23.9 Å². The Morgan fingerprint density at radius 2 is 1.83 bits per heavy atom. The molecule has 1 heterocycles. The first-order chi connectivity index (χ1) is 19.4. The fraction of sp³-hybridized carbons (Fsp3) is 0.467. The molecule has 5 rings (SSSR count). The van der Waals surface area contributed by atoms with Crippen LogP contribution >= 0.6 is 15.9 Å². The van der Waals surface area contributed by atoms with Crippen LogP contribution < -0.4 is 9.46 Å². The standard InChI is InChI=1S/C30H36BrN3O6S/c1-18-27(23-15-21(40-4)11-13-25(23)31)30(18,29(36)37)17-34-16-24(19-8-6-5-7-9-19)22-12-10-20(14-26(22)34)28(35)32-41(38,39)33(2)3/h10-16,18-19,27H,5-9,17H2,1-4H3,(H,32,35)(H,36,37)/t18-,27?,30?/m0/s1. The van der Waals surface area contributed by atoms with E-state index in [1.54, 1.807) is 19.2 Å². The van der Waals surface area contributed by atoms with Crippen LogP contribution in [0.4, 0.5) is 0 Å². The maximum atomic E-state index is 13.0. The number of carboxylic acid groups (broad SMARTS) is 1. The lowest BCUT2D eigenvalue weighted by Gasteiger charge is -2.21. The Balaban J connectivity index is 1.59. The summed E-state index contributed by atoms with van der Waals surface area (Å²) in [5, 5.41) is 11.6. The molecule has 41 heavy (non-hydrogen) atoms. The molecule has 0 saturated heterocycles. The highest BCUT2D eigenvalue weighted by Gasteiger charge is 2.68. The number of amides is 1. The van der Waals surface area contributed by atoms with Gasteiger partial charge in [0.05, 0.1) is 12.5 Å². The van der Waals surface area contributed by atoms with Gasteiger partial charge in [-0.05, 0) is 66.1 Å². The number of ether oxygens (including phenoxy) is 1. The maximum Gasteiger partial charge on any atom is 0.312 e. The molecular weight excluding hydrogens is 610 g/mol. The number of carboxylic acids is 1. The van der Waals surface area contributed by atoms with Gasteiger partial charge in [-0.3, -0.25) is 9.59 Å². The van der Waals surface area contributed by atoms with E-state index in [1.807, 2.05) is 35.8 Å². The Morgan fingerprint density at radius 1 is 1.12 bits per heavy atom. The van der Waals surface area contributed by atoms with Crippen molar-refractivity contribution in [3.8, 4) is 5.75 Å². The number of aliphatic carboxylic acids is 1. The van der Waals surface area contributed by atoms with Gasteiger partial charge in [0.25, 0.3) is 5.91 Å². The summed E-state index contributed by atoms with van der Waals surface area (Å²) < 4.78 is 35.9. The van der Waals surface area contributed by atoms with Gasteiger partial charge in [-0.15, -0.1) is 0 Å². The molecule has 0 aliphatic heterocycles. The van der Waals surface area contributed by atoms with Crippen LogP contribution in [0.1, 0.15) is 72.3 Å². The van der Waals surface area contributed by atoms with Gasteiger partial charge in [0.2, 0.25) is 0 Å².